The van der Waals surface area contributed by atoms with E-state index in [9.17, 15) is 9.59 Å². The van der Waals surface area contributed by atoms with Crippen molar-refractivity contribution >= 4 is 11.8 Å². The Hall–Kier alpha value is -1.85. The summed E-state index contributed by atoms with van der Waals surface area (Å²) in [7, 11) is 0. The fourth-order valence-electron chi connectivity index (χ4n) is 1.77. The summed E-state index contributed by atoms with van der Waals surface area (Å²) in [6, 6.07) is 0.271. The molecular formula is C11H15N3O3. The van der Waals surface area contributed by atoms with E-state index >= 15 is 0 Å². The molecule has 1 fully saturated rings. The van der Waals surface area contributed by atoms with Crippen LogP contribution in [0.15, 0.2) is 17.2 Å². The molecule has 0 aliphatic heterocycles. The van der Waals surface area contributed by atoms with Crippen LogP contribution in [0.1, 0.15) is 25.8 Å². The van der Waals surface area contributed by atoms with Crippen LogP contribution in [0, 0.1) is 0 Å². The topological polar surface area (TPSA) is 75.4 Å². The summed E-state index contributed by atoms with van der Waals surface area (Å²) < 4.78 is 1.65. The van der Waals surface area contributed by atoms with Gasteiger partial charge in [0, 0.05) is 25.0 Å². The number of anilines is 1. The predicted molar refractivity (Wildman–Crippen MR) is 62.3 cm³/mol. The van der Waals surface area contributed by atoms with E-state index in [1.807, 2.05) is 0 Å². The van der Waals surface area contributed by atoms with Crippen molar-refractivity contribution in [2.45, 2.75) is 25.8 Å². The largest absolute Gasteiger partial charge is 0.480 e. The molecule has 17 heavy (non-hydrogen) atoms. The van der Waals surface area contributed by atoms with Crippen LogP contribution in [-0.2, 0) is 4.79 Å². The first-order valence-electron chi connectivity index (χ1n) is 5.67. The third-order valence-electron chi connectivity index (χ3n) is 2.80. The Balaban J connectivity index is 2.33. The van der Waals surface area contributed by atoms with E-state index in [4.69, 9.17) is 5.11 Å². The Morgan fingerprint density at radius 3 is 2.88 bits per heavy atom. The highest BCUT2D eigenvalue weighted by atomic mass is 16.4. The van der Waals surface area contributed by atoms with Crippen molar-refractivity contribution in [2.24, 2.45) is 0 Å². The van der Waals surface area contributed by atoms with Crippen molar-refractivity contribution in [1.29, 1.82) is 0 Å². The van der Waals surface area contributed by atoms with E-state index in [1.54, 1.807) is 23.9 Å². The summed E-state index contributed by atoms with van der Waals surface area (Å²) in [4.78, 5) is 28.3. The van der Waals surface area contributed by atoms with E-state index < -0.39 is 5.97 Å². The van der Waals surface area contributed by atoms with Crippen LogP contribution in [0.2, 0.25) is 0 Å². The lowest BCUT2D eigenvalue weighted by Crippen LogP contribution is -2.36. The summed E-state index contributed by atoms with van der Waals surface area (Å²) in [6.07, 6.45) is 5.24. The van der Waals surface area contributed by atoms with Gasteiger partial charge in [0.05, 0.1) is 0 Å². The van der Waals surface area contributed by atoms with Crippen molar-refractivity contribution in [2.75, 3.05) is 18.0 Å². The molecular weight excluding hydrogens is 222 g/mol. The first kappa shape index (κ1) is 11.6. The van der Waals surface area contributed by atoms with E-state index in [-0.39, 0.29) is 24.0 Å². The molecule has 1 aromatic rings. The highest BCUT2D eigenvalue weighted by Gasteiger charge is 2.26. The van der Waals surface area contributed by atoms with Crippen LogP contribution in [0.3, 0.4) is 0 Å². The lowest BCUT2D eigenvalue weighted by molar-refractivity contribution is -0.135. The van der Waals surface area contributed by atoms with Gasteiger partial charge in [0.1, 0.15) is 6.54 Å². The van der Waals surface area contributed by atoms with Crippen LogP contribution in [-0.4, -0.2) is 33.7 Å². The van der Waals surface area contributed by atoms with Gasteiger partial charge in [-0.25, -0.2) is 4.98 Å². The maximum atomic E-state index is 12.1. The third kappa shape index (κ3) is 2.46. The first-order valence-corrected chi connectivity index (χ1v) is 5.67. The standard InChI is InChI=1S/C11H15N3O3/c1-2-13(7-9(15)16)10-11(17)14(6-5-12-10)8-3-4-8/h5-6,8H,2-4,7H2,1H3,(H,15,16). The smallest absolute Gasteiger partial charge is 0.323 e. The summed E-state index contributed by atoms with van der Waals surface area (Å²) >= 11 is 0. The summed E-state index contributed by atoms with van der Waals surface area (Å²) in [5, 5.41) is 8.78. The average molecular weight is 237 g/mol. The number of likely N-dealkylation sites (N-methyl/N-ethyl adjacent to an activating group) is 1. The fourth-order valence-corrected chi connectivity index (χ4v) is 1.77. The molecule has 1 aromatic heterocycles. The lowest BCUT2D eigenvalue weighted by Gasteiger charge is -2.19. The highest BCUT2D eigenvalue weighted by molar-refractivity contribution is 5.72. The highest BCUT2D eigenvalue weighted by Crippen LogP contribution is 2.33. The monoisotopic (exact) mass is 237 g/mol. The van der Waals surface area contributed by atoms with E-state index in [2.05, 4.69) is 4.98 Å². The quantitative estimate of drug-likeness (QED) is 0.806. The Kier molecular flexibility index (Phi) is 3.12. The molecule has 0 radical (unpaired) electrons. The molecule has 0 saturated heterocycles. The number of hydrogen-bond acceptors (Lipinski definition) is 4. The molecule has 1 aliphatic rings. The second-order valence-corrected chi connectivity index (χ2v) is 4.10. The molecule has 0 unspecified atom stereocenters. The number of nitrogens with zero attached hydrogens (tertiary/aromatic N) is 3. The van der Waals surface area contributed by atoms with E-state index in [0.29, 0.717) is 6.54 Å². The van der Waals surface area contributed by atoms with E-state index in [0.717, 1.165) is 12.8 Å². The Morgan fingerprint density at radius 1 is 1.65 bits per heavy atom. The van der Waals surface area contributed by atoms with Gasteiger partial charge in [0.2, 0.25) is 0 Å². The van der Waals surface area contributed by atoms with Crippen molar-refractivity contribution in [3.8, 4) is 0 Å². The molecule has 92 valence electrons. The van der Waals surface area contributed by atoms with Crippen LogP contribution < -0.4 is 10.5 Å². The van der Waals surface area contributed by atoms with Gasteiger partial charge >= 0.3 is 5.97 Å². The van der Waals surface area contributed by atoms with Gasteiger partial charge in [-0.15, -0.1) is 0 Å². The number of carboxylic acid groups (broad SMARTS) is 1. The van der Waals surface area contributed by atoms with Gasteiger partial charge in [-0.1, -0.05) is 0 Å². The van der Waals surface area contributed by atoms with Gasteiger partial charge in [0.25, 0.3) is 5.56 Å². The van der Waals surface area contributed by atoms with Crippen LogP contribution in [0.4, 0.5) is 5.82 Å². The molecule has 2 rings (SSSR count). The molecule has 0 spiro atoms. The molecule has 1 N–H and O–H groups in total. The van der Waals surface area contributed by atoms with Gasteiger partial charge in [-0.05, 0) is 19.8 Å². The van der Waals surface area contributed by atoms with Crippen LogP contribution in [0.25, 0.3) is 0 Å². The molecule has 6 heteroatoms. The van der Waals surface area contributed by atoms with Crippen molar-refractivity contribution < 1.29 is 9.90 Å². The normalized spacial score (nSPS) is 14.6. The Morgan fingerprint density at radius 2 is 2.35 bits per heavy atom. The summed E-state index contributed by atoms with van der Waals surface area (Å²) in [5.74, 6) is -0.737. The second kappa shape index (κ2) is 4.57. The number of rotatable bonds is 5. The minimum Gasteiger partial charge on any atom is -0.480 e. The summed E-state index contributed by atoms with van der Waals surface area (Å²) in [6.45, 7) is 2.05. The SMILES string of the molecule is CCN(CC(=O)O)c1nccn(C2CC2)c1=O. The third-order valence-corrected chi connectivity index (χ3v) is 2.80. The first-order chi connectivity index (χ1) is 8.13. The van der Waals surface area contributed by atoms with Gasteiger partial charge in [-0.2, -0.15) is 0 Å². The van der Waals surface area contributed by atoms with Crippen molar-refractivity contribution in [3.63, 3.8) is 0 Å². The van der Waals surface area contributed by atoms with Gasteiger partial charge < -0.3 is 14.6 Å². The number of carbonyl (C=O) groups is 1. The van der Waals surface area contributed by atoms with Crippen LogP contribution in [0.5, 0.6) is 0 Å². The zero-order valence-corrected chi connectivity index (χ0v) is 9.67. The minimum atomic E-state index is -0.963. The van der Waals surface area contributed by atoms with Gasteiger partial charge in [-0.3, -0.25) is 9.59 Å². The zero-order valence-electron chi connectivity index (χ0n) is 9.67. The molecule has 1 saturated carbocycles. The minimum absolute atomic E-state index is 0.196. The summed E-state index contributed by atoms with van der Waals surface area (Å²) in [5.41, 5.74) is -0.196. The molecule has 6 nitrogen and oxygen atoms in total. The predicted octanol–water partition coefficient (Wildman–Crippen LogP) is 0.489. The molecule has 0 bridgehead atoms. The average Bonchev–Trinajstić information content (AvgIpc) is 3.10. The second-order valence-electron chi connectivity index (χ2n) is 4.10. The van der Waals surface area contributed by atoms with Crippen molar-refractivity contribution in [3.05, 3.63) is 22.7 Å². The fraction of sp³-hybridized carbons (Fsp3) is 0.545. The number of aromatic nitrogens is 2. The maximum Gasteiger partial charge on any atom is 0.323 e. The van der Waals surface area contributed by atoms with Crippen molar-refractivity contribution in [1.82, 2.24) is 9.55 Å². The molecule has 1 aliphatic carbocycles. The Labute approximate surface area is 98.5 Å². The molecule has 1 heterocycles. The molecule has 0 atom stereocenters. The van der Waals surface area contributed by atoms with Crippen LogP contribution >= 0.6 is 0 Å². The zero-order chi connectivity index (χ0) is 12.4. The van der Waals surface area contributed by atoms with Gasteiger partial charge in [0.15, 0.2) is 5.82 Å². The number of hydrogen-bond donors (Lipinski definition) is 1. The molecule has 0 amide bonds. The molecule has 0 aromatic carbocycles. The van der Waals surface area contributed by atoms with E-state index in [1.165, 1.54) is 4.90 Å². The lowest BCUT2D eigenvalue weighted by atomic mass is 10.4. The maximum absolute atomic E-state index is 12.1. The number of carboxylic acids is 1. The Bertz CT molecular complexity index is 479. The number of aliphatic carboxylic acids is 1.